The van der Waals surface area contributed by atoms with Gasteiger partial charge in [0.25, 0.3) is 0 Å². The highest BCUT2D eigenvalue weighted by atomic mass is 79.9. The number of halogens is 1. The molecule has 0 spiro atoms. The number of rotatable bonds is 2. The van der Waals surface area contributed by atoms with Gasteiger partial charge in [-0.1, -0.05) is 13.3 Å². The Morgan fingerprint density at radius 2 is 2.17 bits per heavy atom. The molecule has 1 fully saturated rings. The van der Waals surface area contributed by atoms with Crippen LogP contribution < -0.4 is 5.73 Å². The van der Waals surface area contributed by atoms with E-state index in [4.69, 9.17) is 15.5 Å². The molecule has 2 N–H and O–H groups in total. The van der Waals surface area contributed by atoms with E-state index in [2.05, 4.69) is 27.8 Å². The standard InChI is InChI=1S/C16H21BrN4O2/c1-15(5-4-6-16(2,9-15)14(22)23-3)13-20-11(17)10-12(18)19-7-8-21(10)13/h7-8H,4-6,9H2,1-3H3,(H2,18,19). The fourth-order valence-corrected chi connectivity index (χ4v) is 4.53. The fourth-order valence-electron chi connectivity index (χ4n) is 3.96. The third-order valence-corrected chi connectivity index (χ3v) is 5.55. The Bertz CT molecular complexity index is 775. The minimum absolute atomic E-state index is 0.149. The van der Waals surface area contributed by atoms with Crippen LogP contribution in [-0.4, -0.2) is 27.4 Å². The van der Waals surface area contributed by atoms with Crippen molar-refractivity contribution >= 4 is 33.2 Å². The molecule has 2 atom stereocenters. The predicted molar refractivity (Wildman–Crippen MR) is 91.0 cm³/mol. The molecule has 0 bridgehead atoms. The van der Waals surface area contributed by atoms with Gasteiger partial charge in [0.1, 0.15) is 15.9 Å². The number of hydrogen-bond donors (Lipinski definition) is 1. The number of esters is 1. The van der Waals surface area contributed by atoms with Gasteiger partial charge in [-0.25, -0.2) is 9.97 Å². The lowest BCUT2D eigenvalue weighted by molar-refractivity contribution is -0.155. The topological polar surface area (TPSA) is 82.5 Å². The summed E-state index contributed by atoms with van der Waals surface area (Å²) in [7, 11) is 1.45. The number of imidazole rings is 1. The van der Waals surface area contributed by atoms with Crippen molar-refractivity contribution in [2.45, 2.75) is 44.9 Å². The molecule has 23 heavy (non-hydrogen) atoms. The number of nitrogen functional groups attached to an aromatic ring is 1. The number of anilines is 1. The summed E-state index contributed by atoms with van der Waals surface area (Å²) in [6.07, 6.45) is 6.99. The van der Waals surface area contributed by atoms with Gasteiger partial charge in [0.05, 0.1) is 12.5 Å². The molecule has 2 unspecified atom stereocenters. The van der Waals surface area contributed by atoms with Crippen LogP contribution in [0.15, 0.2) is 17.0 Å². The molecule has 2 heterocycles. The van der Waals surface area contributed by atoms with Gasteiger partial charge in [-0.05, 0) is 42.1 Å². The second-order valence-corrected chi connectivity index (χ2v) is 7.65. The van der Waals surface area contributed by atoms with Crippen LogP contribution in [0.1, 0.15) is 45.4 Å². The molecule has 7 heteroatoms. The van der Waals surface area contributed by atoms with Crippen LogP contribution in [0.2, 0.25) is 0 Å². The summed E-state index contributed by atoms with van der Waals surface area (Å²) < 4.78 is 7.69. The van der Waals surface area contributed by atoms with E-state index < -0.39 is 5.41 Å². The van der Waals surface area contributed by atoms with Gasteiger partial charge in [-0.15, -0.1) is 0 Å². The Morgan fingerprint density at radius 1 is 1.43 bits per heavy atom. The van der Waals surface area contributed by atoms with Crippen molar-refractivity contribution in [1.82, 2.24) is 14.4 Å². The van der Waals surface area contributed by atoms with Crippen molar-refractivity contribution in [1.29, 1.82) is 0 Å². The number of carbonyl (C=O) groups excluding carboxylic acids is 1. The van der Waals surface area contributed by atoms with Crippen molar-refractivity contribution in [3.8, 4) is 0 Å². The predicted octanol–water partition coefficient (Wildman–Crippen LogP) is 3.09. The van der Waals surface area contributed by atoms with Crippen molar-refractivity contribution in [2.24, 2.45) is 5.41 Å². The number of methoxy groups -OCH3 is 1. The average Bonchev–Trinajstić information content (AvgIpc) is 2.85. The number of nitrogens with two attached hydrogens (primary N) is 1. The Kier molecular flexibility index (Phi) is 3.86. The lowest BCUT2D eigenvalue weighted by atomic mass is 9.63. The lowest BCUT2D eigenvalue weighted by Gasteiger charge is -2.42. The first-order valence-corrected chi connectivity index (χ1v) is 8.47. The van der Waals surface area contributed by atoms with Crippen LogP contribution >= 0.6 is 15.9 Å². The summed E-state index contributed by atoms with van der Waals surface area (Å²) in [5.74, 6) is 1.20. The van der Waals surface area contributed by atoms with Gasteiger partial charge >= 0.3 is 5.97 Å². The second-order valence-electron chi connectivity index (χ2n) is 6.90. The Balaban J connectivity index is 2.10. The van der Waals surface area contributed by atoms with Crippen LogP contribution in [-0.2, 0) is 14.9 Å². The van der Waals surface area contributed by atoms with Crippen molar-refractivity contribution in [3.63, 3.8) is 0 Å². The van der Waals surface area contributed by atoms with Gasteiger partial charge in [0.15, 0.2) is 5.82 Å². The molecular weight excluding hydrogens is 360 g/mol. The van der Waals surface area contributed by atoms with E-state index in [1.165, 1.54) is 7.11 Å². The zero-order chi connectivity index (χ0) is 16.8. The van der Waals surface area contributed by atoms with E-state index in [-0.39, 0.29) is 11.4 Å². The third kappa shape index (κ3) is 2.51. The molecule has 3 rings (SSSR count). The smallest absolute Gasteiger partial charge is 0.311 e. The molecule has 6 nitrogen and oxygen atoms in total. The highest BCUT2D eigenvalue weighted by Gasteiger charge is 2.47. The maximum Gasteiger partial charge on any atom is 0.311 e. The van der Waals surface area contributed by atoms with Crippen molar-refractivity contribution < 1.29 is 9.53 Å². The van der Waals surface area contributed by atoms with Gasteiger partial charge in [0.2, 0.25) is 0 Å². The molecule has 2 aromatic rings. The summed E-state index contributed by atoms with van der Waals surface area (Å²) in [4.78, 5) is 21.1. The van der Waals surface area contributed by atoms with E-state index >= 15 is 0 Å². The molecule has 1 aliphatic carbocycles. The zero-order valence-electron chi connectivity index (χ0n) is 13.6. The minimum atomic E-state index is -0.487. The van der Waals surface area contributed by atoms with Crippen LogP contribution in [0.3, 0.4) is 0 Å². The number of nitrogens with zero attached hydrogens (tertiary/aromatic N) is 3. The van der Waals surface area contributed by atoms with Gasteiger partial charge in [-0.3, -0.25) is 9.20 Å². The maximum absolute atomic E-state index is 12.2. The van der Waals surface area contributed by atoms with Crippen LogP contribution in [0, 0.1) is 5.41 Å². The van der Waals surface area contributed by atoms with Gasteiger partial charge in [0, 0.05) is 17.8 Å². The average molecular weight is 381 g/mol. The lowest BCUT2D eigenvalue weighted by Crippen LogP contribution is -2.42. The van der Waals surface area contributed by atoms with Crippen molar-refractivity contribution in [2.75, 3.05) is 12.8 Å². The first-order chi connectivity index (χ1) is 10.8. The number of fused-ring (bicyclic) bond motifs is 1. The molecule has 124 valence electrons. The SMILES string of the molecule is COC(=O)C1(C)CCCC(C)(c2nc(Br)c3c(N)nccn23)C1. The quantitative estimate of drug-likeness (QED) is 0.809. The Labute approximate surface area is 143 Å². The number of carbonyl (C=O) groups is 1. The first kappa shape index (κ1) is 16.2. The highest BCUT2D eigenvalue weighted by Crippen LogP contribution is 2.48. The van der Waals surface area contributed by atoms with Crippen LogP contribution in [0.5, 0.6) is 0 Å². The Morgan fingerprint density at radius 3 is 2.87 bits per heavy atom. The van der Waals surface area contributed by atoms with E-state index in [0.29, 0.717) is 16.8 Å². The van der Waals surface area contributed by atoms with E-state index in [1.54, 1.807) is 6.20 Å². The van der Waals surface area contributed by atoms with Crippen LogP contribution in [0.4, 0.5) is 5.82 Å². The van der Waals surface area contributed by atoms with Gasteiger partial charge < -0.3 is 10.5 Å². The van der Waals surface area contributed by atoms with Crippen molar-refractivity contribution in [3.05, 3.63) is 22.8 Å². The number of aromatic nitrogens is 3. The summed E-state index contributed by atoms with van der Waals surface area (Å²) in [5.41, 5.74) is 6.04. The van der Waals surface area contributed by atoms with E-state index in [9.17, 15) is 4.79 Å². The molecule has 2 aromatic heterocycles. The van der Waals surface area contributed by atoms with E-state index in [0.717, 1.165) is 30.6 Å². The largest absolute Gasteiger partial charge is 0.469 e. The molecular formula is C16H21BrN4O2. The zero-order valence-corrected chi connectivity index (χ0v) is 15.2. The minimum Gasteiger partial charge on any atom is -0.469 e. The number of ether oxygens (including phenoxy) is 1. The summed E-state index contributed by atoms with van der Waals surface area (Å²) in [5, 5.41) is 0. The summed E-state index contributed by atoms with van der Waals surface area (Å²) in [6, 6.07) is 0. The van der Waals surface area contributed by atoms with Crippen LogP contribution in [0.25, 0.3) is 5.52 Å². The molecule has 1 saturated carbocycles. The van der Waals surface area contributed by atoms with E-state index in [1.807, 2.05) is 17.5 Å². The number of hydrogen-bond acceptors (Lipinski definition) is 5. The van der Waals surface area contributed by atoms with Gasteiger partial charge in [-0.2, -0.15) is 0 Å². The molecule has 0 aliphatic heterocycles. The molecule has 0 aromatic carbocycles. The molecule has 0 saturated heterocycles. The Hall–Kier alpha value is -1.63. The second kappa shape index (κ2) is 5.47. The maximum atomic E-state index is 12.2. The normalized spacial score (nSPS) is 28.0. The monoisotopic (exact) mass is 380 g/mol. The fraction of sp³-hybridized carbons (Fsp3) is 0.562. The summed E-state index contributed by atoms with van der Waals surface area (Å²) in [6.45, 7) is 4.14. The summed E-state index contributed by atoms with van der Waals surface area (Å²) >= 11 is 3.49. The highest BCUT2D eigenvalue weighted by molar-refractivity contribution is 9.10. The molecule has 0 amide bonds. The molecule has 1 aliphatic rings. The first-order valence-electron chi connectivity index (χ1n) is 7.68. The molecule has 0 radical (unpaired) electrons. The third-order valence-electron chi connectivity index (χ3n) is 5.00.